The molecule has 7 aromatic rings. The van der Waals surface area contributed by atoms with Crippen LogP contribution in [-0.4, -0.2) is 101 Å². The first-order valence-corrected chi connectivity index (χ1v) is 21.4. The monoisotopic (exact) mass is 873 g/mol. The van der Waals surface area contributed by atoms with Crippen molar-refractivity contribution < 1.29 is 28.5 Å². The largest absolute Gasteiger partial charge is 0.496 e. The minimum atomic E-state index is -1.11. The predicted molar refractivity (Wildman–Crippen MR) is 241 cm³/mol. The highest BCUT2D eigenvalue weighted by Gasteiger charge is 2.27. The van der Waals surface area contributed by atoms with Crippen LogP contribution in [0, 0.1) is 12.7 Å². The number of carboxylic acids is 1. The van der Waals surface area contributed by atoms with Crippen LogP contribution in [-0.2, 0) is 17.8 Å². The summed E-state index contributed by atoms with van der Waals surface area (Å²) in [7, 11) is 3.73. The first kappa shape index (κ1) is 42.5. The lowest BCUT2D eigenvalue weighted by Crippen LogP contribution is -2.45. The molecule has 2 N–H and O–H groups in total. The molecule has 3 aromatic heterocycles. The van der Waals surface area contributed by atoms with Crippen molar-refractivity contribution in [2.24, 2.45) is 0 Å². The molecule has 1 saturated heterocycles. The summed E-state index contributed by atoms with van der Waals surface area (Å²) in [4.78, 5) is 28.3. The number of rotatable bonds is 16. The summed E-state index contributed by atoms with van der Waals surface area (Å²) < 4.78 is 32.2. The van der Waals surface area contributed by atoms with Crippen LogP contribution in [0.25, 0.3) is 43.2 Å². The molecule has 15 heteroatoms. The highest BCUT2D eigenvalue weighted by molar-refractivity contribution is 7.22. The Morgan fingerprint density at radius 1 is 0.935 bits per heavy atom. The second kappa shape index (κ2) is 19.2. The van der Waals surface area contributed by atoms with Gasteiger partial charge in [0.25, 0.3) is 0 Å². The Bertz CT molecular complexity index is 2690. The molecule has 0 spiro atoms. The average Bonchev–Trinajstić information content (AvgIpc) is 3.68. The molecule has 1 atom stereocenters. The molecule has 8 rings (SSSR count). The summed E-state index contributed by atoms with van der Waals surface area (Å²) in [6.07, 6.45) is 3.27. The van der Waals surface area contributed by atoms with Crippen molar-refractivity contribution in [3.63, 3.8) is 0 Å². The number of likely N-dealkylation sites (N-methyl/N-ethyl adjacent to an activating group) is 1. The average molecular weight is 874 g/mol. The number of nitrogens with zero attached hydrogens (tertiary/aromatic N) is 6. The van der Waals surface area contributed by atoms with E-state index in [4.69, 9.17) is 30.8 Å². The van der Waals surface area contributed by atoms with Gasteiger partial charge >= 0.3 is 5.97 Å². The molecule has 0 bridgehead atoms. The number of methoxy groups -OCH3 is 1. The van der Waals surface area contributed by atoms with Gasteiger partial charge in [-0.05, 0) is 78.7 Å². The van der Waals surface area contributed by atoms with E-state index in [-0.39, 0.29) is 18.8 Å². The van der Waals surface area contributed by atoms with Crippen LogP contribution in [0.4, 0.5) is 10.1 Å². The van der Waals surface area contributed by atoms with E-state index in [0.717, 1.165) is 65.4 Å². The number of nitrogens with one attached hydrogen (secondary N) is 1. The minimum Gasteiger partial charge on any atom is -0.496 e. The maximum absolute atomic E-state index is 14.2. The number of aromatic nitrogens is 4. The van der Waals surface area contributed by atoms with Gasteiger partial charge in [0.15, 0.2) is 5.82 Å². The molecule has 1 aliphatic heterocycles. The van der Waals surface area contributed by atoms with E-state index >= 15 is 0 Å². The number of aliphatic carboxylic acids is 1. The van der Waals surface area contributed by atoms with Gasteiger partial charge in [-0.3, -0.25) is 4.90 Å². The maximum Gasteiger partial charge on any atom is 0.326 e. The number of para-hydroxylation sites is 2. The molecule has 1 unspecified atom stereocenters. The molecule has 62 heavy (non-hydrogen) atoms. The molecule has 0 radical (unpaired) electrons. The smallest absolute Gasteiger partial charge is 0.326 e. The van der Waals surface area contributed by atoms with Gasteiger partial charge in [0, 0.05) is 61.2 Å². The fourth-order valence-corrected chi connectivity index (χ4v) is 8.90. The molecule has 4 aromatic carbocycles. The van der Waals surface area contributed by atoms with Crippen LogP contribution < -0.4 is 19.5 Å². The number of thiophene rings is 1. The topological polar surface area (TPSA) is 135 Å². The van der Waals surface area contributed by atoms with E-state index in [1.165, 1.54) is 29.7 Å². The third-order valence-electron chi connectivity index (χ3n) is 10.9. The van der Waals surface area contributed by atoms with Crippen LogP contribution in [0.1, 0.15) is 16.8 Å². The Morgan fingerprint density at radius 3 is 2.47 bits per heavy atom. The van der Waals surface area contributed by atoms with Gasteiger partial charge in [-0.15, -0.1) is 16.4 Å². The number of carbonyl (C=O) groups is 1. The number of benzene rings is 4. The zero-order chi connectivity index (χ0) is 43.2. The quantitative estimate of drug-likeness (QED) is 0.0961. The van der Waals surface area contributed by atoms with Gasteiger partial charge in [0.2, 0.25) is 0 Å². The van der Waals surface area contributed by atoms with E-state index in [9.17, 15) is 14.3 Å². The number of hydrogen-bond acceptors (Lipinski definition) is 12. The fraction of sp³-hybridized carbons (Fsp3) is 0.255. The lowest BCUT2D eigenvalue weighted by atomic mass is 9.95. The molecule has 4 heterocycles. The summed E-state index contributed by atoms with van der Waals surface area (Å²) in [5.41, 5.74) is 5.63. The lowest BCUT2D eigenvalue weighted by Gasteiger charge is -2.32. The van der Waals surface area contributed by atoms with Crippen LogP contribution >= 0.6 is 22.9 Å². The number of piperazine rings is 1. The van der Waals surface area contributed by atoms with Crippen molar-refractivity contribution in [1.82, 2.24) is 30.0 Å². The normalized spacial score (nSPS) is 13.8. The van der Waals surface area contributed by atoms with E-state index < -0.39 is 12.0 Å². The lowest BCUT2D eigenvalue weighted by molar-refractivity contribution is -0.137. The second-order valence-corrected chi connectivity index (χ2v) is 16.4. The van der Waals surface area contributed by atoms with Gasteiger partial charge in [0.1, 0.15) is 47.2 Å². The first-order chi connectivity index (χ1) is 30.2. The number of hydrogen-bond donors (Lipinski definition) is 2. The molecular formula is C47H45ClFN7O5S. The third kappa shape index (κ3) is 9.48. The number of halogens is 2. The molecular weight excluding hydrogens is 829 g/mol. The highest BCUT2D eigenvalue weighted by atomic mass is 35.5. The summed E-state index contributed by atoms with van der Waals surface area (Å²) in [5.74, 6) is 0.806. The summed E-state index contributed by atoms with van der Waals surface area (Å²) in [6, 6.07) is 25.6. The summed E-state index contributed by atoms with van der Waals surface area (Å²) >= 11 is 8.46. The van der Waals surface area contributed by atoms with Crippen molar-refractivity contribution >= 4 is 44.8 Å². The zero-order valence-corrected chi connectivity index (χ0v) is 36.0. The van der Waals surface area contributed by atoms with Crippen LogP contribution in [0.2, 0.25) is 5.02 Å². The van der Waals surface area contributed by atoms with Crippen molar-refractivity contribution in [2.75, 3.05) is 58.8 Å². The first-order valence-electron chi connectivity index (χ1n) is 20.2. The van der Waals surface area contributed by atoms with Crippen molar-refractivity contribution in [2.45, 2.75) is 26.0 Å². The van der Waals surface area contributed by atoms with E-state index in [1.807, 2.05) is 61.5 Å². The number of ether oxygens (including phenoxy) is 3. The van der Waals surface area contributed by atoms with Crippen molar-refractivity contribution in [3.05, 3.63) is 131 Å². The van der Waals surface area contributed by atoms with E-state index in [0.29, 0.717) is 61.9 Å². The number of anilines is 1. The van der Waals surface area contributed by atoms with Crippen LogP contribution in [0.3, 0.4) is 0 Å². The summed E-state index contributed by atoms with van der Waals surface area (Å²) in [6.45, 7) is 7.35. The van der Waals surface area contributed by atoms with Crippen LogP contribution in [0.5, 0.6) is 17.2 Å². The van der Waals surface area contributed by atoms with E-state index in [1.54, 1.807) is 37.6 Å². The number of carboxylic acid groups (broad SMARTS) is 1. The Morgan fingerprint density at radius 2 is 1.69 bits per heavy atom. The predicted octanol–water partition coefficient (Wildman–Crippen LogP) is 8.90. The van der Waals surface area contributed by atoms with E-state index in [2.05, 4.69) is 37.3 Å². The molecule has 1 aliphatic rings. The van der Waals surface area contributed by atoms with Gasteiger partial charge in [0.05, 0.1) is 35.3 Å². The van der Waals surface area contributed by atoms with Crippen molar-refractivity contribution in [3.8, 4) is 50.2 Å². The minimum absolute atomic E-state index is 0.0703. The van der Waals surface area contributed by atoms with Gasteiger partial charge in [-0.2, -0.15) is 5.10 Å². The Labute approximate surface area is 367 Å². The zero-order valence-electron chi connectivity index (χ0n) is 34.5. The highest BCUT2D eigenvalue weighted by Crippen LogP contribution is 2.49. The fourth-order valence-electron chi connectivity index (χ4n) is 7.52. The molecule has 0 amide bonds. The third-order valence-corrected chi connectivity index (χ3v) is 12.5. The van der Waals surface area contributed by atoms with Gasteiger partial charge in [-0.25, -0.2) is 19.2 Å². The number of fused-ring (bicyclic) bond motifs is 1. The standard InChI is InChI=1S/C47H45ClFN7O5S/c1-29-34(16-17-40(43(29)48)60-25-24-56-22-20-55(2)21-23-56)41-42-37(27-51-54-46(42)62-44(41)30-12-14-32(49)15-13-30)53-36(47(57)58)26-31-8-4-6-10-38(31)61-28-33-18-19-50-45(52-33)35-9-5-7-11-39(35)59-3/h4-19,27,36H,20-26,28H2,1-3H3,(H,53,54)(H,57,58). The SMILES string of the molecule is COc1ccccc1-c1nccc(COc2ccccc2CC(Nc2cnnc3sc(-c4ccc(F)cc4)c(-c4ccc(OCCN5CCN(C)CC5)c(Cl)c4C)c23)C(=O)O)n1. The Hall–Kier alpha value is -6.19. The molecule has 0 saturated carbocycles. The maximum atomic E-state index is 14.2. The van der Waals surface area contributed by atoms with Gasteiger partial charge in [-0.1, -0.05) is 60.1 Å². The molecule has 1 fully saturated rings. The molecule has 318 valence electrons. The van der Waals surface area contributed by atoms with Crippen LogP contribution in [0.15, 0.2) is 103 Å². The summed E-state index contributed by atoms with van der Waals surface area (Å²) in [5, 5.41) is 23.9. The Kier molecular flexibility index (Phi) is 13.2. The Balaban J connectivity index is 1.08. The molecule has 12 nitrogen and oxygen atoms in total. The van der Waals surface area contributed by atoms with Crippen molar-refractivity contribution in [1.29, 1.82) is 0 Å². The van der Waals surface area contributed by atoms with Gasteiger partial charge < -0.3 is 29.5 Å². The second-order valence-electron chi connectivity index (χ2n) is 15.0. The molecule has 0 aliphatic carbocycles.